The van der Waals surface area contributed by atoms with Gasteiger partial charge in [-0.15, -0.1) is 0 Å². The molecule has 0 aliphatic heterocycles. The van der Waals surface area contributed by atoms with E-state index in [1.165, 1.54) is 6.26 Å². The second kappa shape index (κ2) is 4.78. The van der Waals surface area contributed by atoms with Crippen molar-refractivity contribution in [2.45, 2.75) is 20.8 Å². The molecule has 0 radical (unpaired) electrons. The highest BCUT2D eigenvalue weighted by Gasteiger charge is 2.28. The number of aryl methyl sites for hydroxylation is 1. The van der Waals surface area contributed by atoms with Gasteiger partial charge in [-0.05, 0) is 26.8 Å². The fourth-order valence-electron chi connectivity index (χ4n) is 1.10. The van der Waals surface area contributed by atoms with Gasteiger partial charge in [0.25, 0.3) is 0 Å². The number of hydrogen-bond acceptors (Lipinski definition) is 4. The summed E-state index contributed by atoms with van der Waals surface area (Å²) in [6, 6.07) is 1.67. The monoisotopic (exact) mass is 218 g/mol. The van der Waals surface area contributed by atoms with Gasteiger partial charge in [0.2, 0.25) is 0 Å². The van der Waals surface area contributed by atoms with Gasteiger partial charge in [-0.3, -0.25) is 4.57 Å². The van der Waals surface area contributed by atoms with Crippen molar-refractivity contribution in [2.24, 2.45) is 0 Å². The van der Waals surface area contributed by atoms with Gasteiger partial charge in [0.15, 0.2) is 0 Å². The highest BCUT2D eigenvalue weighted by Crippen LogP contribution is 2.47. The summed E-state index contributed by atoms with van der Waals surface area (Å²) in [4.78, 5) is 0. The van der Waals surface area contributed by atoms with E-state index < -0.39 is 7.60 Å². The van der Waals surface area contributed by atoms with E-state index in [0.29, 0.717) is 24.3 Å². The molecule has 0 aliphatic carbocycles. The van der Waals surface area contributed by atoms with Crippen molar-refractivity contribution in [3.63, 3.8) is 0 Å². The fourth-order valence-corrected chi connectivity index (χ4v) is 2.67. The molecule has 0 atom stereocenters. The van der Waals surface area contributed by atoms with Gasteiger partial charge in [0.1, 0.15) is 17.3 Å². The summed E-state index contributed by atoms with van der Waals surface area (Å²) in [6.45, 7) is 6.03. The Bertz CT molecular complexity index is 321. The Kier molecular flexibility index (Phi) is 3.93. The van der Waals surface area contributed by atoms with Crippen LogP contribution in [0, 0.1) is 6.92 Å². The van der Waals surface area contributed by atoms with Crippen LogP contribution in [0.1, 0.15) is 19.6 Å². The van der Waals surface area contributed by atoms with Crippen molar-refractivity contribution in [1.29, 1.82) is 0 Å². The largest absolute Gasteiger partial charge is 0.469 e. The van der Waals surface area contributed by atoms with E-state index in [1.807, 2.05) is 0 Å². The van der Waals surface area contributed by atoms with Gasteiger partial charge in [-0.1, -0.05) is 0 Å². The molecule has 1 rings (SSSR count). The molecule has 0 unspecified atom stereocenters. The molecule has 5 heteroatoms. The van der Waals surface area contributed by atoms with Crippen molar-refractivity contribution < 1.29 is 18.0 Å². The summed E-state index contributed by atoms with van der Waals surface area (Å²) in [5, 5.41) is 0.485. The maximum Gasteiger partial charge on any atom is 0.364 e. The molecule has 0 aromatic carbocycles. The first-order valence-corrected chi connectivity index (χ1v) is 6.11. The van der Waals surface area contributed by atoms with Crippen LogP contribution in [0.25, 0.3) is 0 Å². The van der Waals surface area contributed by atoms with Gasteiger partial charge >= 0.3 is 7.60 Å². The minimum absolute atomic E-state index is 0.349. The lowest BCUT2D eigenvalue weighted by molar-refractivity contribution is 0.230. The Labute approximate surface area is 83.7 Å². The molecule has 0 fully saturated rings. The second-order valence-electron chi connectivity index (χ2n) is 2.75. The third kappa shape index (κ3) is 2.47. The van der Waals surface area contributed by atoms with E-state index in [4.69, 9.17) is 13.5 Å². The number of furan rings is 1. The zero-order valence-corrected chi connectivity index (χ0v) is 9.54. The van der Waals surface area contributed by atoms with E-state index in [0.717, 1.165) is 0 Å². The molecule has 1 heterocycles. The first-order chi connectivity index (χ1) is 6.62. The first-order valence-electron chi connectivity index (χ1n) is 4.57. The van der Waals surface area contributed by atoms with E-state index in [2.05, 4.69) is 0 Å². The highest BCUT2D eigenvalue weighted by molar-refractivity contribution is 7.62. The van der Waals surface area contributed by atoms with Gasteiger partial charge in [-0.2, -0.15) is 0 Å². The summed E-state index contributed by atoms with van der Waals surface area (Å²) >= 11 is 0. The minimum atomic E-state index is -3.14. The van der Waals surface area contributed by atoms with Crippen LogP contribution in [0.3, 0.4) is 0 Å². The first kappa shape index (κ1) is 11.5. The molecule has 1 aromatic heterocycles. The van der Waals surface area contributed by atoms with Crippen molar-refractivity contribution >= 4 is 12.9 Å². The van der Waals surface area contributed by atoms with E-state index in [1.54, 1.807) is 26.8 Å². The predicted octanol–water partition coefficient (Wildman–Crippen LogP) is 2.48. The van der Waals surface area contributed by atoms with E-state index >= 15 is 0 Å². The van der Waals surface area contributed by atoms with Crippen LogP contribution in [-0.2, 0) is 13.6 Å². The molecule has 80 valence electrons. The van der Waals surface area contributed by atoms with Crippen molar-refractivity contribution in [1.82, 2.24) is 0 Å². The lowest BCUT2D eigenvalue weighted by Gasteiger charge is -2.14. The number of hydrogen-bond donors (Lipinski definition) is 0. The topological polar surface area (TPSA) is 48.7 Å². The Hall–Kier alpha value is -0.570. The van der Waals surface area contributed by atoms with Crippen LogP contribution in [0.4, 0.5) is 0 Å². The normalized spacial score (nSPS) is 11.9. The van der Waals surface area contributed by atoms with E-state index in [-0.39, 0.29) is 0 Å². The molecular weight excluding hydrogens is 203 g/mol. The summed E-state index contributed by atoms with van der Waals surface area (Å²) in [7, 11) is -3.14. The Morgan fingerprint density at radius 3 is 2.29 bits per heavy atom. The molecule has 0 amide bonds. The minimum Gasteiger partial charge on any atom is -0.469 e. The van der Waals surface area contributed by atoms with Crippen molar-refractivity contribution in [3.8, 4) is 0 Å². The number of rotatable bonds is 5. The Morgan fingerprint density at radius 1 is 1.36 bits per heavy atom. The molecule has 0 N–H and O–H groups in total. The molecule has 0 saturated carbocycles. The molecule has 0 saturated heterocycles. The van der Waals surface area contributed by atoms with Crippen LogP contribution in [-0.4, -0.2) is 13.2 Å². The van der Waals surface area contributed by atoms with Gasteiger partial charge in [0.05, 0.1) is 13.2 Å². The van der Waals surface area contributed by atoms with Gasteiger partial charge in [0, 0.05) is 0 Å². The van der Waals surface area contributed by atoms with Gasteiger partial charge in [-0.25, -0.2) is 0 Å². The SMILES string of the molecule is CCOP(=O)(OCC)c1coc(C)c1. The van der Waals surface area contributed by atoms with Crippen LogP contribution in [0.15, 0.2) is 16.7 Å². The molecule has 0 aliphatic rings. The smallest absolute Gasteiger partial charge is 0.364 e. The summed E-state index contributed by atoms with van der Waals surface area (Å²) in [5.74, 6) is 0.694. The molecule has 1 aromatic rings. The molecule has 14 heavy (non-hydrogen) atoms. The highest BCUT2D eigenvalue weighted by atomic mass is 31.2. The zero-order chi connectivity index (χ0) is 10.6. The fraction of sp³-hybridized carbons (Fsp3) is 0.556. The van der Waals surface area contributed by atoms with Crippen LogP contribution >= 0.6 is 7.60 Å². The van der Waals surface area contributed by atoms with Gasteiger partial charge < -0.3 is 13.5 Å². The van der Waals surface area contributed by atoms with E-state index in [9.17, 15) is 4.57 Å². The summed E-state index contributed by atoms with van der Waals surface area (Å²) < 4.78 is 27.5. The van der Waals surface area contributed by atoms with Crippen molar-refractivity contribution in [3.05, 3.63) is 18.1 Å². The van der Waals surface area contributed by atoms with Crippen LogP contribution in [0.5, 0.6) is 0 Å². The molecule has 0 bridgehead atoms. The molecule has 4 nitrogen and oxygen atoms in total. The van der Waals surface area contributed by atoms with Crippen LogP contribution in [0.2, 0.25) is 0 Å². The third-order valence-corrected chi connectivity index (χ3v) is 3.69. The maximum atomic E-state index is 12.1. The summed E-state index contributed by atoms with van der Waals surface area (Å²) in [5.41, 5.74) is 0. The second-order valence-corrected chi connectivity index (χ2v) is 4.78. The molecule has 0 spiro atoms. The average molecular weight is 218 g/mol. The Morgan fingerprint density at radius 2 is 1.93 bits per heavy atom. The van der Waals surface area contributed by atoms with Crippen LogP contribution < -0.4 is 5.30 Å². The Balaban J connectivity index is 2.93. The molecular formula is C9H15O4P. The maximum absolute atomic E-state index is 12.1. The lowest BCUT2D eigenvalue weighted by atomic mass is 10.5. The average Bonchev–Trinajstić information content (AvgIpc) is 2.53. The zero-order valence-electron chi connectivity index (χ0n) is 8.65. The predicted molar refractivity (Wildman–Crippen MR) is 53.9 cm³/mol. The van der Waals surface area contributed by atoms with Crippen molar-refractivity contribution in [2.75, 3.05) is 13.2 Å². The standard InChI is InChI=1S/C9H15O4P/c1-4-12-14(10,13-5-2)9-6-8(3)11-7-9/h6-7H,4-5H2,1-3H3. The third-order valence-electron chi connectivity index (χ3n) is 1.63. The summed E-state index contributed by atoms with van der Waals surface area (Å²) in [6.07, 6.45) is 1.42. The quantitative estimate of drug-likeness (QED) is 0.712. The lowest BCUT2D eigenvalue weighted by Crippen LogP contribution is -2.08.